The molecular formula is C37H56N2. The lowest BCUT2D eigenvalue weighted by atomic mass is 10.0. The van der Waals surface area contributed by atoms with Crippen LogP contribution in [0, 0.1) is 0 Å². The van der Waals surface area contributed by atoms with Crippen molar-refractivity contribution in [3.8, 4) is 0 Å². The van der Waals surface area contributed by atoms with Gasteiger partial charge in [0.05, 0.1) is 22.8 Å². The van der Waals surface area contributed by atoms with Crippen LogP contribution in [0.4, 0.5) is 11.4 Å². The first-order chi connectivity index (χ1) is 19.3. The summed E-state index contributed by atoms with van der Waals surface area (Å²) in [5, 5.41) is 0. The van der Waals surface area contributed by atoms with Crippen LogP contribution >= 0.6 is 0 Å². The Morgan fingerprint density at radius 3 is 1.44 bits per heavy atom. The van der Waals surface area contributed by atoms with Gasteiger partial charge < -0.3 is 0 Å². The fourth-order valence-electron chi connectivity index (χ4n) is 4.91. The average Bonchev–Trinajstić information content (AvgIpc) is 2.97. The number of rotatable bonds is 23. The zero-order valence-corrected chi connectivity index (χ0v) is 25.3. The molecule has 0 spiro atoms. The number of allylic oxidation sites excluding steroid dienone is 2. The van der Waals surface area contributed by atoms with Crippen LogP contribution < -0.4 is 0 Å². The van der Waals surface area contributed by atoms with Crippen LogP contribution in [0.3, 0.4) is 0 Å². The zero-order chi connectivity index (χ0) is 27.6. The molecule has 2 aromatic rings. The Hall–Kier alpha value is -2.48. The number of aliphatic imine (C=N–C) groups is 2. The Kier molecular flexibility index (Phi) is 19.6. The van der Waals surface area contributed by atoms with Crippen molar-refractivity contribution in [2.24, 2.45) is 9.98 Å². The molecule has 2 rings (SSSR count). The van der Waals surface area contributed by atoms with Crippen LogP contribution in [0.5, 0.6) is 0 Å². The minimum atomic E-state index is 0.945. The van der Waals surface area contributed by atoms with Crippen LogP contribution in [0.1, 0.15) is 136 Å². The molecule has 0 heterocycles. The maximum Gasteiger partial charge on any atom is 0.0848 e. The van der Waals surface area contributed by atoms with Gasteiger partial charge in [0.15, 0.2) is 0 Å². The minimum absolute atomic E-state index is 0.945. The molecule has 39 heavy (non-hydrogen) atoms. The van der Waals surface area contributed by atoms with Gasteiger partial charge in [-0.25, -0.2) is 4.99 Å². The number of benzene rings is 2. The summed E-state index contributed by atoms with van der Waals surface area (Å²) in [6, 6.07) is 20.6. The summed E-state index contributed by atoms with van der Waals surface area (Å²) < 4.78 is 0. The molecule has 0 aliphatic heterocycles. The molecule has 0 fully saturated rings. The molecule has 0 N–H and O–H groups in total. The van der Waals surface area contributed by atoms with E-state index in [1.807, 2.05) is 12.1 Å². The van der Waals surface area contributed by atoms with Crippen molar-refractivity contribution in [2.45, 2.75) is 136 Å². The molecule has 0 bridgehead atoms. The highest BCUT2D eigenvalue weighted by molar-refractivity contribution is 6.47. The van der Waals surface area contributed by atoms with E-state index in [2.05, 4.69) is 74.5 Å². The SMILES string of the molecule is CCCCCCCCCCCCCCCCCC=CC(=Nc1ccccc1)C(CCCC)=Nc1ccccc1. The van der Waals surface area contributed by atoms with Crippen LogP contribution in [0.2, 0.25) is 0 Å². The number of hydrogen-bond acceptors (Lipinski definition) is 2. The molecule has 0 saturated carbocycles. The Morgan fingerprint density at radius 2 is 0.949 bits per heavy atom. The first kappa shape index (κ1) is 32.7. The van der Waals surface area contributed by atoms with Gasteiger partial charge in [0.2, 0.25) is 0 Å². The van der Waals surface area contributed by atoms with Crippen LogP contribution in [0.15, 0.2) is 82.8 Å². The predicted molar refractivity (Wildman–Crippen MR) is 175 cm³/mol. The number of unbranched alkanes of at least 4 members (excludes halogenated alkanes) is 16. The molecule has 2 nitrogen and oxygen atoms in total. The van der Waals surface area contributed by atoms with Gasteiger partial charge in [0.25, 0.3) is 0 Å². The molecule has 0 aromatic heterocycles. The van der Waals surface area contributed by atoms with E-state index in [-0.39, 0.29) is 0 Å². The van der Waals surface area contributed by atoms with Crippen LogP contribution in [0.25, 0.3) is 0 Å². The highest BCUT2D eigenvalue weighted by atomic mass is 14.8. The lowest BCUT2D eigenvalue weighted by Crippen LogP contribution is -2.11. The molecule has 0 aliphatic rings. The van der Waals surface area contributed by atoms with Gasteiger partial charge in [-0.3, -0.25) is 4.99 Å². The van der Waals surface area contributed by atoms with Gasteiger partial charge in [-0.2, -0.15) is 0 Å². The summed E-state index contributed by atoms with van der Waals surface area (Å²) in [6.07, 6.45) is 29.9. The van der Waals surface area contributed by atoms with E-state index < -0.39 is 0 Å². The van der Waals surface area contributed by atoms with E-state index in [4.69, 9.17) is 9.98 Å². The standard InChI is InChI=1S/C37H56N2/c1-3-5-7-8-9-10-11-12-13-14-15-16-17-18-19-20-27-33-37(39-35-30-25-22-26-31-35)36(32-6-4-2)38-34-28-23-21-24-29-34/h21-31,33H,3-20,32H2,1-2H3. The lowest BCUT2D eigenvalue weighted by Gasteiger charge is -2.08. The molecule has 2 aromatic carbocycles. The van der Waals surface area contributed by atoms with Crippen LogP contribution in [-0.4, -0.2) is 11.4 Å². The van der Waals surface area contributed by atoms with Crippen molar-refractivity contribution in [3.05, 3.63) is 72.8 Å². The van der Waals surface area contributed by atoms with Crippen molar-refractivity contribution < 1.29 is 0 Å². The van der Waals surface area contributed by atoms with Crippen molar-refractivity contribution in [1.29, 1.82) is 0 Å². The normalized spacial score (nSPS) is 12.5. The number of nitrogens with zero attached hydrogens (tertiary/aromatic N) is 2. The highest BCUT2D eigenvalue weighted by Crippen LogP contribution is 2.18. The third-order valence-electron chi connectivity index (χ3n) is 7.34. The van der Waals surface area contributed by atoms with Gasteiger partial charge in [0, 0.05) is 0 Å². The fourth-order valence-corrected chi connectivity index (χ4v) is 4.91. The van der Waals surface area contributed by atoms with E-state index in [0.717, 1.165) is 48.5 Å². The summed E-state index contributed by atoms with van der Waals surface area (Å²) in [6.45, 7) is 4.53. The Morgan fingerprint density at radius 1 is 0.513 bits per heavy atom. The zero-order valence-electron chi connectivity index (χ0n) is 25.3. The average molecular weight is 529 g/mol. The second-order valence-corrected chi connectivity index (χ2v) is 11.0. The highest BCUT2D eigenvalue weighted by Gasteiger charge is 2.08. The topological polar surface area (TPSA) is 24.7 Å². The third kappa shape index (κ3) is 17.0. The first-order valence-electron chi connectivity index (χ1n) is 16.3. The molecule has 214 valence electrons. The summed E-state index contributed by atoms with van der Waals surface area (Å²) in [5.74, 6) is 0. The summed E-state index contributed by atoms with van der Waals surface area (Å²) in [5.41, 5.74) is 4.07. The van der Waals surface area contributed by atoms with E-state index in [1.165, 1.54) is 96.3 Å². The largest absolute Gasteiger partial charge is 0.251 e. The molecular weight excluding hydrogens is 472 g/mol. The quantitative estimate of drug-likeness (QED) is 0.101. The molecule has 0 aliphatic carbocycles. The van der Waals surface area contributed by atoms with Crippen molar-refractivity contribution in [3.63, 3.8) is 0 Å². The molecule has 0 atom stereocenters. The van der Waals surface area contributed by atoms with E-state index >= 15 is 0 Å². The maximum absolute atomic E-state index is 5.02. The molecule has 2 heteroatoms. The predicted octanol–water partition coefficient (Wildman–Crippen LogP) is 12.5. The smallest absolute Gasteiger partial charge is 0.0848 e. The second-order valence-electron chi connectivity index (χ2n) is 11.0. The molecule has 0 saturated heterocycles. The molecule has 0 radical (unpaired) electrons. The monoisotopic (exact) mass is 528 g/mol. The Balaban J connectivity index is 1.73. The van der Waals surface area contributed by atoms with Gasteiger partial charge >= 0.3 is 0 Å². The fraction of sp³-hybridized carbons (Fsp3) is 0.568. The number of hydrogen-bond donors (Lipinski definition) is 0. The van der Waals surface area contributed by atoms with Gasteiger partial charge in [-0.15, -0.1) is 0 Å². The van der Waals surface area contributed by atoms with Crippen LogP contribution in [-0.2, 0) is 0 Å². The molecule has 0 amide bonds. The van der Waals surface area contributed by atoms with Gasteiger partial charge in [-0.05, 0) is 56.0 Å². The minimum Gasteiger partial charge on any atom is -0.251 e. The van der Waals surface area contributed by atoms with E-state index in [0.29, 0.717) is 0 Å². The summed E-state index contributed by atoms with van der Waals surface area (Å²) >= 11 is 0. The maximum atomic E-state index is 5.02. The van der Waals surface area contributed by atoms with Crippen molar-refractivity contribution in [1.82, 2.24) is 0 Å². The van der Waals surface area contributed by atoms with Gasteiger partial charge in [0.1, 0.15) is 0 Å². The summed E-state index contributed by atoms with van der Waals surface area (Å²) in [7, 11) is 0. The second kappa shape index (κ2) is 23.4. The van der Waals surface area contributed by atoms with E-state index in [1.54, 1.807) is 0 Å². The number of para-hydroxylation sites is 2. The molecule has 0 unspecified atom stereocenters. The first-order valence-corrected chi connectivity index (χ1v) is 16.3. The van der Waals surface area contributed by atoms with Crippen molar-refractivity contribution >= 4 is 22.8 Å². The van der Waals surface area contributed by atoms with E-state index in [9.17, 15) is 0 Å². The Bertz CT molecular complexity index is 911. The third-order valence-corrected chi connectivity index (χ3v) is 7.34. The van der Waals surface area contributed by atoms with Gasteiger partial charge in [-0.1, -0.05) is 153 Å². The summed E-state index contributed by atoms with van der Waals surface area (Å²) in [4.78, 5) is 10.0. The lowest BCUT2D eigenvalue weighted by molar-refractivity contribution is 0.533. The van der Waals surface area contributed by atoms with Crippen molar-refractivity contribution in [2.75, 3.05) is 0 Å². The Labute approximate surface area is 241 Å².